The van der Waals surface area contributed by atoms with Gasteiger partial charge >= 0.3 is 0 Å². The molecular formula is C29H29NO4S. The predicted octanol–water partition coefficient (Wildman–Crippen LogP) is 6.38. The van der Waals surface area contributed by atoms with Gasteiger partial charge in [0.25, 0.3) is 5.56 Å². The van der Waals surface area contributed by atoms with E-state index in [1.165, 1.54) is 33.8 Å². The van der Waals surface area contributed by atoms with Crippen LogP contribution in [0.1, 0.15) is 23.6 Å². The Morgan fingerprint density at radius 3 is 2.29 bits per heavy atom. The fourth-order valence-corrected chi connectivity index (χ4v) is 5.07. The minimum Gasteiger partial charge on any atom is -0.493 e. The van der Waals surface area contributed by atoms with Crippen molar-refractivity contribution >= 4 is 11.5 Å². The Labute approximate surface area is 209 Å². The third-order valence-electron chi connectivity index (χ3n) is 6.28. The van der Waals surface area contributed by atoms with Crippen molar-refractivity contribution in [3.05, 3.63) is 93.8 Å². The Morgan fingerprint density at radius 1 is 0.914 bits per heavy atom. The smallest absolute Gasteiger partial charge is 0.258 e. The monoisotopic (exact) mass is 487 g/mol. The van der Waals surface area contributed by atoms with Crippen molar-refractivity contribution in [2.45, 2.75) is 27.4 Å². The van der Waals surface area contributed by atoms with Crippen LogP contribution in [0, 0.1) is 19.3 Å². The van der Waals surface area contributed by atoms with Gasteiger partial charge in [-0.1, -0.05) is 36.7 Å². The average molecular weight is 488 g/mol. The van der Waals surface area contributed by atoms with Gasteiger partial charge in [0.15, 0.2) is 0 Å². The van der Waals surface area contributed by atoms with Crippen molar-refractivity contribution < 1.29 is 14.2 Å². The van der Waals surface area contributed by atoms with Gasteiger partial charge in [-0.05, 0) is 89.7 Å². The minimum atomic E-state index is -0.0732. The quantitative estimate of drug-likeness (QED) is 0.313. The fourth-order valence-electron chi connectivity index (χ4n) is 4.38. The summed E-state index contributed by atoms with van der Waals surface area (Å²) in [5.41, 5.74) is 6.93. The number of ether oxygens (including phenoxy) is 3. The van der Waals surface area contributed by atoms with Crippen LogP contribution in [0.25, 0.3) is 21.6 Å². The first kappa shape index (κ1) is 23.4. The molecule has 0 aliphatic carbocycles. The van der Waals surface area contributed by atoms with E-state index in [1.54, 1.807) is 6.07 Å². The Kier molecular flexibility index (Phi) is 6.50. The summed E-state index contributed by atoms with van der Waals surface area (Å²) >= 11 is 1.34. The number of H-pyrrole nitrogens is 1. The van der Waals surface area contributed by atoms with E-state index in [0.29, 0.717) is 13.2 Å². The third kappa shape index (κ3) is 5.34. The molecule has 180 valence electrons. The lowest BCUT2D eigenvalue weighted by molar-refractivity contribution is -0.120. The molecule has 0 radical (unpaired) electrons. The van der Waals surface area contributed by atoms with Gasteiger partial charge in [-0.3, -0.25) is 9.17 Å². The maximum Gasteiger partial charge on any atom is 0.258 e. The van der Waals surface area contributed by atoms with Crippen LogP contribution in [-0.2, 0) is 11.3 Å². The number of hydrogen-bond acceptors (Lipinski definition) is 5. The first-order valence-electron chi connectivity index (χ1n) is 11.7. The van der Waals surface area contributed by atoms with E-state index in [0.717, 1.165) is 40.7 Å². The van der Waals surface area contributed by atoms with Crippen molar-refractivity contribution in [1.82, 2.24) is 4.37 Å². The van der Waals surface area contributed by atoms with E-state index in [9.17, 15) is 4.79 Å². The van der Waals surface area contributed by atoms with Gasteiger partial charge in [-0.15, -0.1) is 0 Å². The molecule has 0 unspecified atom stereocenters. The molecule has 0 saturated carbocycles. The van der Waals surface area contributed by atoms with Gasteiger partial charge in [-0.2, -0.15) is 0 Å². The highest BCUT2D eigenvalue weighted by molar-refractivity contribution is 7.09. The molecule has 1 fully saturated rings. The first-order chi connectivity index (χ1) is 16.9. The Morgan fingerprint density at radius 2 is 1.66 bits per heavy atom. The second-order valence-corrected chi connectivity index (χ2v) is 10.5. The standard InChI is InChI=1S/C29H29NO4S/c1-19-11-25(34-18-29(3)16-32-17-29)12-20(2)28(19)23-6-4-5-21(13-23)15-33-24-9-7-22(8-10-24)26-14-27(31)30-35-26/h4-14H,15-18H2,1-3H3,(H,30,31). The second kappa shape index (κ2) is 9.72. The van der Waals surface area contributed by atoms with E-state index in [1.807, 2.05) is 24.3 Å². The lowest BCUT2D eigenvalue weighted by Crippen LogP contribution is -2.44. The molecule has 1 saturated heterocycles. The van der Waals surface area contributed by atoms with Crippen molar-refractivity contribution in [2.24, 2.45) is 5.41 Å². The molecule has 1 aliphatic heterocycles. The molecule has 0 atom stereocenters. The molecule has 0 bridgehead atoms. The molecule has 5 rings (SSSR count). The average Bonchev–Trinajstić information content (AvgIpc) is 3.27. The summed E-state index contributed by atoms with van der Waals surface area (Å²) < 4.78 is 20.2. The van der Waals surface area contributed by atoms with Crippen LogP contribution >= 0.6 is 11.5 Å². The topological polar surface area (TPSA) is 60.6 Å². The summed E-state index contributed by atoms with van der Waals surface area (Å²) in [5, 5.41) is 0. The van der Waals surface area contributed by atoms with Gasteiger partial charge in [0.1, 0.15) is 18.1 Å². The summed E-state index contributed by atoms with van der Waals surface area (Å²) in [6.07, 6.45) is 0. The molecule has 2 heterocycles. The zero-order valence-electron chi connectivity index (χ0n) is 20.2. The van der Waals surface area contributed by atoms with E-state index in [-0.39, 0.29) is 11.0 Å². The van der Waals surface area contributed by atoms with Crippen molar-refractivity contribution in [3.8, 4) is 33.1 Å². The molecule has 4 aromatic rings. The van der Waals surface area contributed by atoms with Gasteiger partial charge in [0, 0.05) is 11.5 Å². The molecule has 35 heavy (non-hydrogen) atoms. The summed E-state index contributed by atoms with van der Waals surface area (Å²) in [5.74, 6) is 1.70. The maximum absolute atomic E-state index is 11.4. The molecule has 1 N–H and O–H groups in total. The van der Waals surface area contributed by atoms with Crippen LogP contribution in [-0.4, -0.2) is 24.2 Å². The van der Waals surface area contributed by atoms with E-state index in [2.05, 4.69) is 61.5 Å². The maximum atomic E-state index is 11.4. The number of rotatable bonds is 8. The normalized spacial score (nSPS) is 14.4. The molecule has 0 spiro atoms. The Bertz CT molecular complexity index is 1360. The summed E-state index contributed by atoms with van der Waals surface area (Å²) in [4.78, 5) is 12.3. The second-order valence-electron chi connectivity index (χ2n) is 9.61. The van der Waals surface area contributed by atoms with Crippen LogP contribution in [0.4, 0.5) is 0 Å². The number of aromatic nitrogens is 1. The molecule has 1 aromatic heterocycles. The van der Waals surface area contributed by atoms with E-state index >= 15 is 0 Å². The molecule has 1 aliphatic rings. The molecule has 6 heteroatoms. The molecule has 5 nitrogen and oxygen atoms in total. The lowest BCUT2D eigenvalue weighted by atomic mass is 9.90. The lowest BCUT2D eigenvalue weighted by Gasteiger charge is -2.37. The van der Waals surface area contributed by atoms with E-state index < -0.39 is 0 Å². The summed E-state index contributed by atoms with van der Waals surface area (Å²) in [7, 11) is 0. The van der Waals surface area contributed by atoms with Crippen LogP contribution in [0.3, 0.4) is 0 Å². The number of aromatic amines is 1. The van der Waals surface area contributed by atoms with Gasteiger partial charge < -0.3 is 14.2 Å². The summed E-state index contributed by atoms with van der Waals surface area (Å²) in [6, 6.07) is 22.2. The number of hydrogen-bond donors (Lipinski definition) is 1. The van der Waals surface area contributed by atoms with E-state index in [4.69, 9.17) is 14.2 Å². The van der Waals surface area contributed by atoms with Gasteiger partial charge in [-0.25, -0.2) is 0 Å². The highest BCUT2D eigenvalue weighted by atomic mass is 32.1. The van der Waals surface area contributed by atoms with Gasteiger partial charge in [0.05, 0.1) is 24.7 Å². The first-order valence-corrected chi connectivity index (χ1v) is 12.5. The highest BCUT2D eigenvalue weighted by Gasteiger charge is 2.34. The zero-order chi connectivity index (χ0) is 24.4. The fraction of sp³-hybridized carbons (Fsp3) is 0.276. The Hall–Kier alpha value is -3.35. The minimum absolute atomic E-state index is 0.0732. The molecule has 0 amide bonds. The number of nitrogens with one attached hydrogen (secondary N) is 1. The van der Waals surface area contributed by atoms with Crippen molar-refractivity contribution in [1.29, 1.82) is 0 Å². The van der Waals surface area contributed by atoms with Gasteiger partial charge in [0.2, 0.25) is 0 Å². The van der Waals surface area contributed by atoms with Crippen LogP contribution in [0.2, 0.25) is 0 Å². The third-order valence-corrected chi connectivity index (χ3v) is 7.16. The van der Waals surface area contributed by atoms with Crippen LogP contribution in [0.5, 0.6) is 11.5 Å². The van der Waals surface area contributed by atoms with Crippen molar-refractivity contribution in [3.63, 3.8) is 0 Å². The van der Waals surface area contributed by atoms with Crippen molar-refractivity contribution in [2.75, 3.05) is 19.8 Å². The highest BCUT2D eigenvalue weighted by Crippen LogP contribution is 2.33. The summed E-state index contributed by atoms with van der Waals surface area (Å²) in [6.45, 7) is 9.13. The number of benzene rings is 3. The molecular weight excluding hydrogens is 458 g/mol. The largest absolute Gasteiger partial charge is 0.493 e. The SMILES string of the molecule is Cc1cc(OCC2(C)COC2)cc(C)c1-c1cccc(COc2ccc(-c3cc(=O)[nH]s3)cc2)c1. The Balaban J connectivity index is 1.26. The predicted molar refractivity (Wildman–Crippen MR) is 140 cm³/mol. The molecule has 3 aromatic carbocycles. The number of aryl methyl sites for hydroxylation is 2. The zero-order valence-corrected chi connectivity index (χ0v) is 21.0. The van der Waals surface area contributed by atoms with Crippen LogP contribution < -0.4 is 15.0 Å². The van der Waals surface area contributed by atoms with Crippen LogP contribution in [0.15, 0.2) is 71.5 Å².